The van der Waals surface area contributed by atoms with Gasteiger partial charge in [0.2, 0.25) is 11.8 Å². The van der Waals surface area contributed by atoms with Crippen molar-refractivity contribution in [1.82, 2.24) is 5.32 Å². The molecule has 2 fully saturated rings. The predicted octanol–water partition coefficient (Wildman–Crippen LogP) is 3.31. The van der Waals surface area contributed by atoms with Gasteiger partial charge in [0, 0.05) is 36.3 Å². The van der Waals surface area contributed by atoms with Crippen LogP contribution in [0.3, 0.4) is 0 Å². The second-order valence-electron chi connectivity index (χ2n) is 9.94. The van der Waals surface area contributed by atoms with E-state index >= 15 is 0 Å². The molecule has 8 nitrogen and oxygen atoms in total. The lowest BCUT2D eigenvalue weighted by Gasteiger charge is -2.37. The van der Waals surface area contributed by atoms with E-state index in [1.807, 2.05) is 55.5 Å². The Hall–Kier alpha value is -2.94. The van der Waals surface area contributed by atoms with Crippen LogP contribution in [0, 0.1) is 5.92 Å². The van der Waals surface area contributed by atoms with Crippen molar-refractivity contribution >= 4 is 17.5 Å². The summed E-state index contributed by atoms with van der Waals surface area (Å²) < 4.78 is 17.6. The number of carbonyl (C=O) groups is 2. The van der Waals surface area contributed by atoms with Crippen molar-refractivity contribution in [3.05, 3.63) is 59.7 Å². The van der Waals surface area contributed by atoms with Gasteiger partial charge in [0.1, 0.15) is 18.0 Å². The standard InChI is InChI=1S/C28H34N2O6/c1-17(18-5-3-2-4-6-18)29-26(32)15-21-14-23-22-13-20(30-28(33)19-9-11-34-12-10-19)7-8-24(22)36-27(23)25(16-31)35-21/h2-8,13,17,19,21,23,25,27,31H,9-12,14-16H2,1H3,(H,29,32)(H,30,33)/t17-,21-,23-,25-,27+/m0/s1. The van der Waals surface area contributed by atoms with Crippen LogP contribution in [0.5, 0.6) is 5.75 Å². The van der Waals surface area contributed by atoms with Crippen molar-refractivity contribution in [3.8, 4) is 5.75 Å². The molecule has 0 unspecified atom stereocenters. The van der Waals surface area contributed by atoms with Crippen molar-refractivity contribution < 1.29 is 28.9 Å². The SMILES string of the molecule is C[C@H](NC(=O)C[C@@H]1C[C@H]2c3cc(NC(=O)C4CCOCC4)ccc3O[C@H]2[C@H](CO)O1)c1ccccc1. The Morgan fingerprint density at radius 1 is 1.11 bits per heavy atom. The third-order valence-electron chi connectivity index (χ3n) is 7.45. The number of aliphatic hydroxyl groups is 1. The second kappa shape index (κ2) is 11.0. The lowest BCUT2D eigenvalue weighted by molar-refractivity contribution is -0.142. The maximum Gasteiger partial charge on any atom is 0.227 e. The van der Waals surface area contributed by atoms with Gasteiger partial charge in [-0.2, -0.15) is 0 Å². The molecule has 2 saturated heterocycles. The van der Waals surface area contributed by atoms with Gasteiger partial charge in [-0.3, -0.25) is 9.59 Å². The van der Waals surface area contributed by atoms with Crippen LogP contribution < -0.4 is 15.4 Å². The lowest BCUT2D eigenvalue weighted by atomic mass is 9.84. The molecule has 0 bridgehead atoms. The van der Waals surface area contributed by atoms with Crippen molar-refractivity contribution in [2.45, 2.75) is 62.9 Å². The third kappa shape index (κ3) is 5.40. The van der Waals surface area contributed by atoms with Crippen LogP contribution in [-0.2, 0) is 19.1 Å². The van der Waals surface area contributed by atoms with Gasteiger partial charge >= 0.3 is 0 Å². The minimum atomic E-state index is -0.527. The predicted molar refractivity (Wildman–Crippen MR) is 134 cm³/mol. The molecule has 0 aliphatic carbocycles. The quantitative estimate of drug-likeness (QED) is 0.545. The molecule has 2 aromatic carbocycles. The summed E-state index contributed by atoms with van der Waals surface area (Å²) in [4.78, 5) is 25.5. The molecule has 3 N–H and O–H groups in total. The zero-order chi connectivity index (χ0) is 25.1. The highest BCUT2D eigenvalue weighted by Crippen LogP contribution is 2.47. The number of amides is 2. The van der Waals surface area contributed by atoms with E-state index in [9.17, 15) is 14.7 Å². The summed E-state index contributed by atoms with van der Waals surface area (Å²) >= 11 is 0. The van der Waals surface area contributed by atoms with Crippen molar-refractivity contribution in [2.75, 3.05) is 25.1 Å². The number of anilines is 1. The average Bonchev–Trinajstić information content (AvgIpc) is 3.27. The van der Waals surface area contributed by atoms with E-state index in [4.69, 9.17) is 14.2 Å². The monoisotopic (exact) mass is 494 g/mol. The van der Waals surface area contributed by atoms with E-state index < -0.39 is 6.10 Å². The minimum Gasteiger partial charge on any atom is -0.487 e. The molecule has 3 heterocycles. The molecule has 36 heavy (non-hydrogen) atoms. The van der Waals surface area contributed by atoms with Gasteiger partial charge in [0.05, 0.1) is 25.2 Å². The van der Waals surface area contributed by atoms with Gasteiger partial charge in [-0.1, -0.05) is 30.3 Å². The molecule has 3 aliphatic rings. The molecule has 5 atom stereocenters. The number of hydrogen-bond acceptors (Lipinski definition) is 6. The Morgan fingerprint density at radius 2 is 1.89 bits per heavy atom. The zero-order valence-electron chi connectivity index (χ0n) is 20.5. The first-order chi connectivity index (χ1) is 17.5. The van der Waals surface area contributed by atoms with Gasteiger partial charge in [-0.15, -0.1) is 0 Å². The van der Waals surface area contributed by atoms with E-state index in [0.717, 1.165) is 35.4 Å². The molecular formula is C28H34N2O6. The molecule has 8 heteroatoms. The number of fused-ring (bicyclic) bond motifs is 3. The molecule has 3 aliphatic heterocycles. The first kappa shape index (κ1) is 24.7. The largest absolute Gasteiger partial charge is 0.487 e. The topological polar surface area (TPSA) is 106 Å². The van der Waals surface area contributed by atoms with Gasteiger partial charge < -0.3 is 30.0 Å². The highest BCUT2D eigenvalue weighted by Gasteiger charge is 2.46. The zero-order valence-corrected chi connectivity index (χ0v) is 20.5. The minimum absolute atomic E-state index is 0.0102. The molecular weight excluding hydrogens is 460 g/mol. The molecule has 0 aromatic heterocycles. The van der Waals surface area contributed by atoms with Crippen LogP contribution >= 0.6 is 0 Å². The highest BCUT2D eigenvalue weighted by molar-refractivity contribution is 5.92. The fourth-order valence-electron chi connectivity index (χ4n) is 5.50. The van der Waals surface area contributed by atoms with Crippen LogP contribution in [0.2, 0.25) is 0 Å². The average molecular weight is 495 g/mol. The summed E-state index contributed by atoms with van der Waals surface area (Å²) in [5.41, 5.74) is 2.75. The van der Waals surface area contributed by atoms with Gasteiger partial charge in [0.25, 0.3) is 0 Å². The van der Waals surface area contributed by atoms with Crippen molar-refractivity contribution in [1.29, 1.82) is 0 Å². The number of aliphatic hydroxyl groups excluding tert-OH is 1. The van der Waals surface area contributed by atoms with Gasteiger partial charge in [-0.05, 0) is 49.9 Å². The fourth-order valence-corrected chi connectivity index (χ4v) is 5.50. The number of hydrogen-bond donors (Lipinski definition) is 3. The summed E-state index contributed by atoms with van der Waals surface area (Å²) in [5.74, 6) is 0.576. The highest BCUT2D eigenvalue weighted by atomic mass is 16.6. The third-order valence-corrected chi connectivity index (χ3v) is 7.45. The van der Waals surface area contributed by atoms with Crippen LogP contribution in [0.4, 0.5) is 5.69 Å². The normalized spacial score (nSPS) is 26.3. The first-order valence-corrected chi connectivity index (χ1v) is 12.8. The van der Waals surface area contributed by atoms with Crippen molar-refractivity contribution in [3.63, 3.8) is 0 Å². The van der Waals surface area contributed by atoms with E-state index in [-0.39, 0.29) is 54.9 Å². The molecule has 0 radical (unpaired) electrons. The maximum atomic E-state index is 12.8. The summed E-state index contributed by atoms with van der Waals surface area (Å²) in [5, 5.41) is 16.1. The summed E-state index contributed by atoms with van der Waals surface area (Å²) in [6, 6.07) is 15.4. The Morgan fingerprint density at radius 3 is 2.64 bits per heavy atom. The summed E-state index contributed by atoms with van der Waals surface area (Å²) in [7, 11) is 0. The molecule has 2 aromatic rings. The number of nitrogens with one attached hydrogen (secondary N) is 2. The maximum absolute atomic E-state index is 12.8. The summed E-state index contributed by atoms with van der Waals surface area (Å²) in [6.45, 7) is 2.99. The first-order valence-electron chi connectivity index (χ1n) is 12.8. The second-order valence-corrected chi connectivity index (χ2v) is 9.94. The molecule has 192 valence electrons. The summed E-state index contributed by atoms with van der Waals surface area (Å²) in [6.07, 6.45) is 1.06. The number of carbonyl (C=O) groups excluding carboxylic acids is 2. The Labute approximate surface area is 211 Å². The van der Waals surface area contributed by atoms with E-state index in [0.29, 0.717) is 19.6 Å². The lowest BCUT2D eigenvalue weighted by Crippen LogP contribution is -2.47. The van der Waals surface area contributed by atoms with Crippen LogP contribution in [0.15, 0.2) is 48.5 Å². The molecule has 0 saturated carbocycles. The Balaban J connectivity index is 1.25. The number of benzene rings is 2. The van der Waals surface area contributed by atoms with E-state index in [1.54, 1.807) is 0 Å². The molecule has 0 spiro atoms. The molecule has 2 amide bonds. The van der Waals surface area contributed by atoms with Crippen LogP contribution in [0.1, 0.15) is 55.7 Å². The van der Waals surface area contributed by atoms with Gasteiger partial charge in [0.15, 0.2) is 0 Å². The number of ether oxygens (including phenoxy) is 3. The number of rotatable bonds is 7. The molecule has 5 rings (SSSR count). The van der Waals surface area contributed by atoms with Crippen molar-refractivity contribution in [2.24, 2.45) is 5.92 Å². The smallest absolute Gasteiger partial charge is 0.227 e. The van der Waals surface area contributed by atoms with Gasteiger partial charge in [-0.25, -0.2) is 0 Å². The Kier molecular flexibility index (Phi) is 7.55. The van der Waals surface area contributed by atoms with E-state index in [1.165, 1.54) is 0 Å². The van der Waals surface area contributed by atoms with Crippen LogP contribution in [0.25, 0.3) is 0 Å². The van der Waals surface area contributed by atoms with E-state index in [2.05, 4.69) is 10.6 Å². The Bertz CT molecular complexity index is 1070. The van der Waals surface area contributed by atoms with Crippen LogP contribution in [-0.4, -0.2) is 55.1 Å². The fraction of sp³-hybridized carbons (Fsp3) is 0.500.